The molecule has 2 heterocycles. The predicted octanol–water partition coefficient (Wildman–Crippen LogP) is 2.14. The number of carbonyl (C=O) groups excluding carboxylic acids is 1. The summed E-state index contributed by atoms with van der Waals surface area (Å²) in [5, 5.41) is 3.32. The summed E-state index contributed by atoms with van der Waals surface area (Å²) in [6, 6.07) is 0. The zero-order valence-electron chi connectivity index (χ0n) is 10.8. The SMILES string of the molecule is CCCCCCN1CC2(CCNCC2)OC1=O. The summed E-state index contributed by atoms with van der Waals surface area (Å²) in [7, 11) is 0. The van der Waals surface area contributed by atoms with Gasteiger partial charge in [0.25, 0.3) is 0 Å². The Morgan fingerprint density at radius 1 is 1.29 bits per heavy atom. The highest BCUT2D eigenvalue weighted by Crippen LogP contribution is 2.31. The van der Waals surface area contributed by atoms with Crippen molar-refractivity contribution in [3.63, 3.8) is 0 Å². The average molecular weight is 240 g/mol. The molecule has 4 nitrogen and oxygen atoms in total. The van der Waals surface area contributed by atoms with Crippen LogP contribution < -0.4 is 5.32 Å². The lowest BCUT2D eigenvalue weighted by Crippen LogP contribution is -2.44. The van der Waals surface area contributed by atoms with Crippen molar-refractivity contribution in [2.75, 3.05) is 26.2 Å². The second-order valence-corrected chi connectivity index (χ2v) is 5.28. The van der Waals surface area contributed by atoms with Crippen molar-refractivity contribution in [1.29, 1.82) is 0 Å². The minimum absolute atomic E-state index is 0.0941. The van der Waals surface area contributed by atoms with Gasteiger partial charge in [-0.25, -0.2) is 4.79 Å². The predicted molar refractivity (Wildman–Crippen MR) is 67.0 cm³/mol. The average Bonchev–Trinajstić information content (AvgIpc) is 2.62. The number of piperidine rings is 1. The first kappa shape index (κ1) is 12.7. The van der Waals surface area contributed by atoms with E-state index in [0.717, 1.165) is 45.4 Å². The molecule has 4 heteroatoms. The van der Waals surface area contributed by atoms with Gasteiger partial charge >= 0.3 is 6.09 Å². The van der Waals surface area contributed by atoms with Crippen LogP contribution in [0.2, 0.25) is 0 Å². The van der Waals surface area contributed by atoms with E-state index in [-0.39, 0.29) is 11.7 Å². The van der Waals surface area contributed by atoms with Gasteiger partial charge in [-0.05, 0) is 19.5 Å². The van der Waals surface area contributed by atoms with Crippen LogP contribution in [0.25, 0.3) is 0 Å². The first-order chi connectivity index (χ1) is 8.26. The summed E-state index contributed by atoms with van der Waals surface area (Å²) in [5.41, 5.74) is -0.174. The van der Waals surface area contributed by atoms with Gasteiger partial charge in [-0.15, -0.1) is 0 Å². The quantitative estimate of drug-likeness (QED) is 0.749. The number of amides is 1. The number of rotatable bonds is 5. The molecule has 2 saturated heterocycles. The van der Waals surface area contributed by atoms with Crippen LogP contribution >= 0.6 is 0 Å². The van der Waals surface area contributed by atoms with E-state index < -0.39 is 0 Å². The van der Waals surface area contributed by atoms with E-state index in [9.17, 15) is 4.79 Å². The third-order valence-electron chi connectivity index (χ3n) is 3.84. The van der Waals surface area contributed by atoms with Crippen LogP contribution in [0.15, 0.2) is 0 Å². The molecule has 2 aliphatic rings. The Morgan fingerprint density at radius 2 is 2.06 bits per heavy atom. The zero-order valence-corrected chi connectivity index (χ0v) is 10.8. The van der Waals surface area contributed by atoms with Gasteiger partial charge < -0.3 is 15.0 Å². The van der Waals surface area contributed by atoms with Crippen molar-refractivity contribution in [3.05, 3.63) is 0 Å². The van der Waals surface area contributed by atoms with Crippen molar-refractivity contribution < 1.29 is 9.53 Å². The van der Waals surface area contributed by atoms with Crippen LogP contribution in [-0.4, -0.2) is 42.8 Å². The van der Waals surface area contributed by atoms with E-state index in [1.165, 1.54) is 19.3 Å². The number of carbonyl (C=O) groups is 1. The van der Waals surface area contributed by atoms with Crippen LogP contribution in [0.4, 0.5) is 4.79 Å². The summed E-state index contributed by atoms with van der Waals surface area (Å²) in [5.74, 6) is 0. The monoisotopic (exact) mass is 240 g/mol. The number of hydrogen-bond acceptors (Lipinski definition) is 3. The molecule has 0 aromatic carbocycles. The molecule has 1 N–H and O–H groups in total. The van der Waals surface area contributed by atoms with Crippen molar-refractivity contribution in [2.45, 2.75) is 51.0 Å². The van der Waals surface area contributed by atoms with Crippen LogP contribution in [0.1, 0.15) is 45.4 Å². The smallest absolute Gasteiger partial charge is 0.410 e. The molecule has 2 fully saturated rings. The standard InChI is InChI=1S/C13H24N2O2/c1-2-3-4-5-10-15-11-13(17-12(15)16)6-8-14-9-7-13/h14H,2-11H2,1H3. The Morgan fingerprint density at radius 3 is 2.76 bits per heavy atom. The topological polar surface area (TPSA) is 41.6 Å². The normalized spacial score (nSPS) is 23.1. The Bertz CT molecular complexity index is 262. The molecule has 17 heavy (non-hydrogen) atoms. The summed E-state index contributed by atoms with van der Waals surface area (Å²) in [4.78, 5) is 13.7. The van der Waals surface area contributed by atoms with Gasteiger partial charge in [-0.2, -0.15) is 0 Å². The van der Waals surface area contributed by atoms with Gasteiger partial charge in [0, 0.05) is 19.4 Å². The molecule has 2 aliphatic heterocycles. The van der Waals surface area contributed by atoms with Crippen LogP contribution in [0, 0.1) is 0 Å². The number of ether oxygens (including phenoxy) is 1. The lowest BCUT2D eigenvalue weighted by Gasteiger charge is -2.31. The fourth-order valence-corrected chi connectivity index (χ4v) is 2.74. The second kappa shape index (κ2) is 5.71. The summed E-state index contributed by atoms with van der Waals surface area (Å²) < 4.78 is 5.61. The van der Waals surface area contributed by atoms with Crippen LogP contribution in [0.3, 0.4) is 0 Å². The van der Waals surface area contributed by atoms with E-state index in [1.807, 2.05) is 4.90 Å². The maximum atomic E-state index is 11.8. The molecule has 2 rings (SSSR count). The van der Waals surface area contributed by atoms with E-state index in [4.69, 9.17) is 4.74 Å². The fraction of sp³-hybridized carbons (Fsp3) is 0.923. The van der Waals surface area contributed by atoms with Gasteiger partial charge in [0.1, 0.15) is 5.60 Å². The molecule has 98 valence electrons. The third-order valence-corrected chi connectivity index (χ3v) is 3.84. The lowest BCUT2D eigenvalue weighted by molar-refractivity contribution is 0.0316. The lowest BCUT2D eigenvalue weighted by atomic mass is 9.92. The molecular formula is C13H24N2O2. The van der Waals surface area contributed by atoms with Gasteiger partial charge in [0.2, 0.25) is 0 Å². The number of nitrogens with zero attached hydrogens (tertiary/aromatic N) is 1. The summed E-state index contributed by atoms with van der Waals surface area (Å²) in [6.07, 6.45) is 6.65. The molecule has 0 saturated carbocycles. The van der Waals surface area contributed by atoms with E-state index in [1.54, 1.807) is 0 Å². The molecule has 0 aromatic rings. The van der Waals surface area contributed by atoms with Gasteiger partial charge in [-0.3, -0.25) is 0 Å². The van der Waals surface area contributed by atoms with Crippen LogP contribution in [0.5, 0.6) is 0 Å². The molecule has 0 aliphatic carbocycles. The Balaban J connectivity index is 1.78. The molecule has 0 atom stereocenters. The zero-order chi connectivity index (χ0) is 12.1. The Kier molecular flexibility index (Phi) is 4.26. The van der Waals surface area contributed by atoms with E-state index in [0.29, 0.717) is 0 Å². The minimum atomic E-state index is -0.174. The molecule has 0 radical (unpaired) electrons. The largest absolute Gasteiger partial charge is 0.441 e. The number of hydrogen-bond donors (Lipinski definition) is 1. The van der Waals surface area contributed by atoms with Gasteiger partial charge in [0.15, 0.2) is 0 Å². The minimum Gasteiger partial charge on any atom is -0.441 e. The molecular weight excluding hydrogens is 216 g/mol. The highest BCUT2D eigenvalue weighted by Gasteiger charge is 2.45. The third kappa shape index (κ3) is 3.12. The summed E-state index contributed by atoms with van der Waals surface area (Å²) in [6.45, 7) is 5.82. The first-order valence-electron chi connectivity index (χ1n) is 6.94. The highest BCUT2D eigenvalue weighted by atomic mass is 16.6. The summed E-state index contributed by atoms with van der Waals surface area (Å²) >= 11 is 0. The Hall–Kier alpha value is -0.770. The van der Waals surface area contributed by atoms with Crippen molar-refractivity contribution in [1.82, 2.24) is 10.2 Å². The second-order valence-electron chi connectivity index (χ2n) is 5.28. The Labute approximate surface area is 104 Å². The number of nitrogens with one attached hydrogen (secondary N) is 1. The maximum Gasteiger partial charge on any atom is 0.410 e. The maximum absolute atomic E-state index is 11.8. The molecule has 0 aromatic heterocycles. The van der Waals surface area contributed by atoms with Crippen molar-refractivity contribution in [2.24, 2.45) is 0 Å². The van der Waals surface area contributed by atoms with Crippen LogP contribution in [-0.2, 0) is 4.74 Å². The fourth-order valence-electron chi connectivity index (χ4n) is 2.74. The van der Waals surface area contributed by atoms with Gasteiger partial charge in [-0.1, -0.05) is 26.2 Å². The van der Waals surface area contributed by atoms with Crippen molar-refractivity contribution >= 4 is 6.09 Å². The molecule has 0 unspecified atom stereocenters. The molecule has 0 bridgehead atoms. The van der Waals surface area contributed by atoms with Gasteiger partial charge in [0.05, 0.1) is 6.54 Å². The van der Waals surface area contributed by atoms with E-state index in [2.05, 4.69) is 12.2 Å². The molecule has 1 spiro atoms. The van der Waals surface area contributed by atoms with E-state index >= 15 is 0 Å². The number of unbranched alkanes of at least 4 members (excludes halogenated alkanes) is 3. The first-order valence-corrected chi connectivity index (χ1v) is 6.94. The highest BCUT2D eigenvalue weighted by molar-refractivity contribution is 5.70. The molecule has 1 amide bonds. The van der Waals surface area contributed by atoms with Crippen molar-refractivity contribution in [3.8, 4) is 0 Å².